The number of benzene rings is 1. The Hall–Kier alpha value is -3.43. The average Bonchev–Trinajstić information content (AvgIpc) is 3.49. The van der Waals surface area contributed by atoms with E-state index in [1.165, 1.54) is 0 Å². The molecule has 0 aliphatic heterocycles. The van der Waals surface area contributed by atoms with Crippen LogP contribution < -0.4 is 16.0 Å². The molecule has 0 fully saturated rings. The van der Waals surface area contributed by atoms with Crippen molar-refractivity contribution in [3.63, 3.8) is 0 Å². The number of carbonyl (C=O) groups is 2. The Morgan fingerprint density at radius 3 is 2.61 bits per heavy atom. The Labute approximate surface area is 193 Å². The normalized spacial score (nSPS) is 12.9. The van der Waals surface area contributed by atoms with E-state index in [-0.39, 0.29) is 11.9 Å². The van der Waals surface area contributed by atoms with Gasteiger partial charge in [0.2, 0.25) is 0 Å². The van der Waals surface area contributed by atoms with Crippen LogP contribution in [0.2, 0.25) is 0 Å². The van der Waals surface area contributed by atoms with Gasteiger partial charge in [-0.1, -0.05) is 12.1 Å². The number of hydrogen-bond donors (Lipinski definition) is 5. The first-order chi connectivity index (χ1) is 15.9. The van der Waals surface area contributed by atoms with Gasteiger partial charge in [-0.2, -0.15) is 0 Å². The maximum atomic E-state index is 12.6. The summed E-state index contributed by atoms with van der Waals surface area (Å²) in [7, 11) is 1.98. The van der Waals surface area contributed by atoms with Crippen LogP contribution in [0.3, 0.4) is 0 Å². The van der Waals surface area contributed by atoms with Crippen molar-refractivity contribution in [2.24, 2.45) is 7.05 Å². The molecule has 176 valence electrons. The molecule has 0 saturated carbocycles. The van der Waals surface area contributed by atoms with Crippen molar-refractivity contribution >= 4 is 11.9 Å². The fourth-order valence-corrected chi connectivity index (χ4v) is 3.48. The van der Waals surface area contributed by atoms with Gasteiger partial charge >= 0.3 is 5.97 Å². The number of carboxylic acid groups (broad SMARTS) is 1. The van der Waals surface area contributed by atoms with Crippen LogP contribution in [0.15, 0.2) is 55.0 Å². The van der Waals surface area contributed by atoms with Crippen LogP contribution >= 0.6 is 0 Å². The van der Waals surface area contributed by atoms with Crippen LogP contribution in [-0.4, -0.2) is 44.1 Å². The summed E-state index contributed by atoms with van der Waals surface area (Å²) in [6.45, 7) is 4.03. The second-order valence-corrected chi connectivity index (χ2v) is 8.07. The van der Waals surface area contributed by atoms with E-state index in [0.29, 0.717) is 31.5 Å². The number of aromatic nitrogens is 3. The molecule has 0 aliphatic rings. The largest absolute Gasteiger partial charge is 0.480 e. The van der Waals surface area contributed by atoms with E-state index >= 15 is 0 Å². The number of carbonyl (C=O) groups excluding carboxylic acids is 1. The fourth-order valence-electron chi connectivity index (χ4n) is 3.48. The molecule has 1 aromatic carbocycles. The van der Waals surface area contributed by atoms with Crippen molar-refractivity contribution in [2.45, 2.75) is 44.9 Å². The number of nitrogens with zero attached hydrogens (tertiary/aromatic N) is 2. The molecule has 2 atom stereocenters. The minimum Gasteiger partial charge on any atom is -0.480 e. The van der Waals surface area contributed by atoms with Crippen molar-refractivity contribution in [3.05, 3.63) is 77.6 Å². The number of aromatic amines is 1. The van der Waals surface area contributed by atoms with Gasteiger partial charge in [-0.05, 0) is 56.1 Å². The first-order valence-corrected chi connectivity index (χ1v) is 11.1. The highest BCUT2D eigenvalue weighted by Crippen LogP contribution is 2.10. The highest BCUT2D eigenvalue weighted by Gasteiger charge is 2.20. The number of hydrogen-bond acceptors (Lipinski definition) is 5. The summed E-state index contributed by atoms with van der Waals surface area (Å²) in [5.74, 6) is -0.554. The second-order valence-electron chi connectivity index (χ2n) is 8.07. The molecule has 0 bridgehead atoms. The van der Waals surface area contributed by atoms with E-state index in [4.69, 9.17) is 0 Å². The van der Waals surface area contributed by atoms with Gasteiger partial charge in [-0.25, -0.2) is 9.78 Å². The number of aryl methyl sites for hydroxylation is 1. The highest BCUT2D eigenvalue weighted by atomic mass is 16.4. The predicted molar refractivity (Wildman–Crippen MR) is 126 cm³/mol. The molecule has 33 heavy (non-hydrogen) atoms. The Bertz CT molecular complexity index is 1010. The number of nitrogens with one attached hydrogen (secondary N) is 4. The minimum atomic E-state index is -1.03. The third kappa shape index (κ3) is 7.30. The minimum absolute atomic E-state index is 0.0706. The van der Waals surface area contributed by atoms with Crippen molar-refractivity contribution in [1.29, 1.82) is 0 Å². The molecule has 0 aliphatic carbocycles. The number of amides is 1. The fraction of sp³-hybridized carbons (Fsp3) is 0.375. The summed E-state index contributed by atoms with van der Waals surface area (Å²) < 4.78 is 2.04. The smallest absolute Gasteiger partial charge is 0.326 e. The van der Waals surface area contributed by atoms with Crippen LogP contribution in [0.25, 0.3) is 0 Å². The predicted octanol–water partition coefficient (Wildman–Crippen LogP) is 2.35. The molecule has 2 aromatic heterocycles. The summed E-state index contributed by atoms with van der Waals surface area (Å²) in [6.07, 6.45) is 6.48. The maximum Gasteiger partial charge on any atom is 0.326 e. The van der Waals surface area contributed by atoms with Crippen LogP contribution in [0.1, 0.15) is 53.2 Å². The summed E-state index contributed by atoms with van der Waals surface area (Å²) in [5.41, 5.74) is 2.61. The molecule has 1 amide bonds. The molecule has 5 N–H and O–H groups in total. The average molecular weight is 453 g/mol. The van der Waals surface area contributed by atoms with E-state index in [1.54, 1.807) is 24.5 Å². The molecule has 0 spiro atoms. The van der Waals surface area contributed by atoms with Crippen LogP contribution in [0.5, 0.6) is 0 Å². The quantitative estimate of drug-likeness (QED) is 0.254. The summed E-state index contributed by atoms with van der Waals surface area (Å²) in [5, 5.41) is 18.8. The van der Waals surface area contributed by atoms with Gasteiger partial charge in [-0.3, -0.25) is 4.79 Å². The molecule has 9 heteroatoms. The third-order valence-corrected chi connectivity index (χ3v) is 5.57. The van der Waals surface area contributed by atoms with E-state index < -0.39 is 12.0 Å². The van der Waals surface area contributed by atoms with Gasteiger partial charge in [0.25, 0.3) is 5.91 Å². The lowest BCUT2D eigenvalue weighted by Crippen LogP contribution is -2.41. The lowest BCUT2D eigenvalue weighted by molar-refractivity contribution is -0.139. The van der Waals surface area contributed by atoms with Crippen LogP contribution in [0.4, 0.5) is 0 Å². The van der Waals surface area contributed by atoms with E-state index in [2.05, 4.69) is 25.9 Å². The maximum absolute atomic E-state index is 12.6. The van der Waals surface area contributed by atoms with Crippen molar-refractivity contribution < 1.29 is 14.7 Å². The lowest BCUT2D eigenvalue weighted by Gasteiger charge is -2.15. The van der Waals surface area contributed by atoms with Crippen LogP contribution in [-0.2, 0) is 24.9 Å². The number of rotatable bonds is 13. The van der Waals surface area contributed by atoms with Crippen molar-refractivity contribution in [1.82, 2.24) is 30.5 Å². The summed E-state index contributed by atoms with van der Waals surface area (Å²) >= 11 is 0. The zero-order chi connectivity index (χ0) is 23.6. The van der Waals surface area contributed by atoms with E-state index in [9.17, 15) is 14.7 Å². The molecule has 9 nitrogen and oxygen atoms in total. The molecule has 2 heterocycles. The summed E-state index contributed by atoms with van der Waals surface area (Å²) in [4.78, 5) is 31.5. The molecule has 0 saturated heterocycles. The van der Waals surface area contributed by atoms with Gasteiger partial charge in [0, 0.05) is 50.0 Å². The third-order valence-electron chi connectivity index (χ3n) is 5.57. The monoisotopic (exact) mass is 452 g/mol. The Morgan fingerprint density at radius 2 is 1.97 bits per heavy atom. The lowest BCUT2D eigenvalue weighted by atomic mass is 10.1. The van der Waals surface area contributed by atoms with Crippen molar-refractivity contribution in [2.75, 3.05) is 6.54 Å². The van der Waals surface area contributed by atoms with Gasteiger partial charge in [0.15, 0.2) is 0 Å². The molecule has 3 aromatic rings. The number of imidazole rings is 1. The molecule has 1 unspecified atom stereocenters. The van der Waals surface area contributed by atoms with E-state index in [0.717, 1.165) is 23.6 Å². The molecule has 3 rings (SSSR count). The van der Waals surface area contributed by atoms with Crippen molar-refractivity contribution in [3.8, 4) is 0 Å². The summed E-state index contributed by atoms with van der Waals surface area (Å²) in [6, 6.07) is 10.3. The topological polar surface area (TPSA) is 124 Å². The van der Waals surface area contributed by atoms with Gasteiger partial charge in [0.05, 0.1) is 6.04 Å². The standard InChI is InChI=1S/C24H32N6O3/c1-17(22-26-12-13-27-22)28-15-18-7-9-19(10-8-18)23(31)29-21(24(32)33)6-3-11-25-16-20-5-4-14-30(20)2/h4-5,7-10,12-14,17,21,25,28H,3,6,11,15-16H2,1-2H3,(H,26,27)(H,29,31)(H,32,33)/t17?,21-/m0/s1. The van der Waals surface area contributed by atoms with Gasteiger partial charge in [0.1, 0.15) is 11.9 Å². The van der Waals surface area contributed by atoms with Crippen LogP contribution in [0, 0.1) is 0 Å². The van der Waals surface area contributed by atoms with Gasteiger partial charge in [-0.15, -0.1) is 0 Å². The Balaban J connectivity index is 1.42. The Kier molecular flexibility index (Phi) is 8.79. The molecule has 0 radical (unpaired) electrons. The zero-order valence-corrected chi connectivity index (χ0v) is 19.0. The zero-order valence-electron chi connectivity index (χ0n) is 19.0. The number of H-pyrrole nitrogens is 1. The SMILES string of the molecule is CC(NCc1ccc(C(=O)N[C@@H](CCCNCc2cccn2C)C(=O)O)cc1)c1ncc[nH]1. The van der Waals surface area contributed by atoms with Gasteiger partial charge < -0.3 is 30.6 Å². The first-order valence-electron chi connectivity index (χ1n) is 11.1. The Morgan fingerprint density at radius 1 is 1.18 bits per heavy atom. The number of aliphatic carboxylic acids is 1. The molecular formula is C24H32N6O3. The highest BCUT2D eigenvalue weighted by molar-refractivity contribution is 5.96. The molecular weight excluding hydrogens is 420 g/mol. The first kappa shape index (κ1) is 24.2. The number of carboxylic acids is 1. The van der Waals surface area contributed by atoms with E-state index in [1.807, 2.05) is 49.0 Å². The second kappa shape index (κ2) is 12.0.